The second-order valence-electron chi connectivity index (χ2n) is 4.53. The van der Waals surface area contributed by atoms with Crippen molar-refractivity contribution in [1.82, 2.24) is 0 Å². The zero-order valence-corrected chi connectivity index (χ0v) is 11.8. The third-order valence-electron chi connectivity index (χ3n) is 2.91. The minimum atomic E-state index is -0.999. The minimum absolute atomic E-state index is 0.131. The number of phenols is 3. The summed E-state index contributed by atoms with van der Waals surface area (Å²) in [6.07, 6.45) is 2.27. The highest BCUT2D eigenvalue weighted by molar-refractivity contribution is 6.04. The summed E-state index contributed by atoms with van der Waals surface area (Å²) in [6.45, 7) is 0. The van der Waals surface area contributed by atoms with Crippen LogP contribution >= 0.6 is 0 Å². The standard InChI is InChI=1S/C16H13NO6/c17-15-10(2-1-3-12(15)19)16(22)23-14(21)7-5-9-4-6-11(18)13(20)8-9/h1-8,18-20H,17H2/b7-5+. The molecule has 0 aliphatic carbocycles. The van der Waals surface area contributed by atoms with Crippen LogP contribution in [-0.4, -0.2) is 27.3 Å². The quantitative estimate of drug-likeness (QED) is 0.223. The Morgan fingerprint density at radius 1 is 1.00 bits per heavy atom. The van der Waals surface area contributed by atoms with Crippen LogP contribution in [-0.2, 0) is 9.53 Å². The maximum Gasteiger partial charge on any atom is 0.348 e. The molecular formula is C16H13NO6. The number of carbonyl (C=O) groups is 2. The highest BCUT2D eigenvalue weighted by Crippen LogP contribution is 2.26. The number of hydrogen-bond donors (Lipinski definition) is 4. The Morgan fingerprint density at radius 3 is 2.43 bits per heavy atom. The monoisotopic (exact) mass is 315 g/mol. The topological polar surface area (TPSA) is 130 Å². The number of rotatable bonds is 3. The molecular weight excluding hydrogens is 302 g/mol. The lowest BCUT2D eigenvalue weighted by atomic mass is 10.1. The van der Waals surface area contributed by atoms with Crippen molar-refractivity contribution in [3.8, 4) is 17.2 Å². The van der Waals surface area contributed by atoms with Gasteiger partial charge in [-0.3, -0.25) is 0 Å². The van der Waals surface area contributed by atoms with E-state index in [1.54, 1.807) is 0 Å². The molecule has 0 aliphatic rings. The van der Waals surface area contributed by atoms with Gasteiger partial charge in [0.2, 0.25) is 0 Å². The maximum absolute atomic E-state index is 11.8. The van der Waals surface area contributed by atoms with Crippen molar-refractivity contribution in [2.24, 2.45) is 0 Å². The van der Waals surface area contributed by atoms with E-state index in [-0.39, 0.29) is 28.5 Å². The maximum atomic E-state index is 11.8. The van der Waals surface area contributed by atoms with Gasteiger partial charge < -0.3 is 25.8 Å². The van der Waals surface area contributed by atoms with E-state index >= 15 is 0 Å². The fourth-order valence-corrected chi connectivity index (χ4v) is 1.72. The Bertz CT molecular complexity index is 797. The van der Waals surface area contributed by atoms with Gasteiger partial charge in [0.1, 0.15) is 5.75 Å². The van der Waals surface area contributed by atoms with Crippen molar-refractivity contribution in [2.45, 2.75) is 0 Å². The third-order valence-corrected chi connectivity index (χ3v) is 2.91. The lowest BCUT2D eigenvalue weighted by Gasteiger charge is -2.05. The van der Waals surface area contributed by atoms with E-state index in [9.17, 15) is 24.9 Å². The summed E-state index contributed by atoms with van der Waals surface area (Å²) in [5.74, 6) is -2.88. The van der Waals surface area contributed by atoms with Crippen LogP contribution in [0.15, 0.2) is 42.5 Å². The first kappa shape index (κ1) is 15.9. The molecule has 2 aromatic carbocycles. The number of nitrogen functional groups attached to an aromatic ring is 1. The number of carbonyl (C=O) groups excluding carboxylic acids is 2. The molecule has 0 heterocycles. The molecule has 0 aromatic heterocycles. The molecule has 0 saturated heterocycles. The van der Waals surface area contributed by atoms with Crippen molar-refractivity contribution in [2.75, 3.05) is 5.73 Å². The number of anilines is 1. The Kier molecular flexibility index (Phi) is 4.51. The fourth-order valence-electron chi connectivity index (χ4n) is 1.72. The van der Waals surface area contributed by atoms with Crippen LogP contribution < -0.4 is 5.73 Å². The van der Waals surface area contributed by atoms with Crippen LogP contribution in [0, 0.1) is 0 Å². The van der Waals surface area contributed by atoms with Crippen molar-refractivity contribution < 1.29 is 29.6 Å². The predicted molar refractivity (Wildman–Crippen MR) is 81.7 cm³/mol. The Balaban J connectivity index is 2.06. The van der Waals surface area contributed by atoms with Gasteiger partial charge in [-0.15, -0.1) is 0 Å². The zero-order valence-electron chi connectivity index (χ0n) is 11.8. The predicted octanol–water partition coefficient (Wildman–Crippen LogP) is 1.78. The van der Waals surface area contributed by atoms with Gasteiger partial charge in [0.05, 0.1) is 11.3 Å². The molecule has 23 heavy (non-hydrogen) atoms. The van der Waals surface area contributed by atoms with Crippen LogP contribution in [0.3, 0.4) is 0 Å². The lowest BCUT2D eigenvalue weighted by molar-refractivity contribution is -0.132. The van der Waals surface area contributed by atoms with E-state index in [1.165, 1.54) is 42.5 Å². The normalized spacial score (nSPS) is 10.6. The number of nitrogens with two attached hydrogens (primary N) is 1. The first-order valence-corrected chi connectivity index (χ1v) is 6.42. The number of hydrogen-bond acceptors (Lipinski definition) is 7. The van der Waals surface area contributed by atoms with Crippen LogP contribution in [0.2, 0.25) is 0 Å². The van der Waals surface area contributed by atoms with Gasteiger partial charge >= 0.3 is 11.9 Å². The van der Waals surface area contributed by atoms with E-state index in [4.69, 9.17) is 5.73 Å². The van der Waals surface area contributed by atoms with Crippen LogP contribution in [0.5, 0.6) is 17.2 Å². The first-order chi connectivity index (χ1) is 10.9. The number of esters is 2. The number of benzene rings is 2. The summed E-state index contributed by atoms with van der Waals surface area (Å²) in [7, 11) is 0. The molecule has 5 N–H and O–H groups in total. The van der Waals surface area contributed by atoms with Gasteiger partial charge in [-0.05, 0) is 35.9 Å². The number of ether oxygens (including phenoxy) is 1. The average molecular weight is 315 g/mol. The molecule has 118 valence electrons. The molecule has 0 spiro atoms. The van der Waals surface area contributed by atoms with Gasteiger partial charge in [-0.2, -0.15) is 0 Å². The van der Waals surface area contributed by atoms with Gasteiger partial charge in [0.15, 0.2) is 11.5 Å². The summed E-state index contributed by atoms with van der Waals surface area (Å²) in [4.78, 5) is 23.4. The van der Waals surface area contributed by atoms with E-state index < -0.39 is 11.9 Å². The fraction of sp³-hybridized carbons (Fsp3) is 0. The number of aromatic hydroxyl groups is 3. The molecule has 0 unspecified atom stereocenters. The number of phenolic OH excluding ortho intramolecular Hbond substituents is 3. The molecule has 0 fully saturated rings. The summed E-state index contributed by atoms with van der Waals surface area (Å²) in [6, 6.07) is 7.93. The van der Waals surface area contributed by atoms with E-state index in [2.05, 4.69) is 4.74 Å². The van der Waals surface area contributed by atoms with E-state index in [0.29, 0.717) is 5.56 Å². The lowest BCUT2D eigenvalue weighted by Crippen LogP contribution is -2.12. The van der Waals surface area contributed by atoms with Crippen LogP contribution in [0.1, 0.15) is 15.9 Å². The Labute approximate surface area is 130 Å². The van der Waals surface area contributed by atoms with Crippen molar-refractivity contribution in [3.05, 3.63) is 53.6 Å². The van der Waals surface area contributed by atoms with Gasteiger partial charge in [0.25, 0.3) is 0 Å². The molecule has 7 heteroatoms. The molecule has 0 aliphatic heterocycles. The SMILES string of the molecule is Nc1c(O)cccc1C(=O)OC(=O)/C=C/c1ccc(O)c(O)c1. The van der Waals surface area contributed by atoms with E-state index in [0.717, 1.165) is 6.08 Å². The molecule has 2 aromatic rings. The molecule has 2 rings (SSSR count). The molecule has 0 saturated carbocycles. The van der Waals surface area contributed by atoms with Gasteiger partial charge in [-0.1, -0.05) is 12.1 Å². The van der Waals surface area contributed by atoms with Crippen molar-refractivity contribution in [1.29, 1.82) is 0 Å². The summed E-state index contributed by atoms with van der Waals surface area (Å²) < 4.78 is 4.58. The summed E-state index contributed by atoms with van der Waals surface area (Å²) >= 11 is 0. The Hall–Kier alpha value is -3.48. The largest absolute Gasteiger partial charge is 0.506 e. The van der Waals surface area contributed by atoms with Gasteiger partial charge in [-0.25, -0.2) is 9.59 Å². The van der Waals surface area contributed by atoms with Crippen LogP contribution in [0.25, 0.3) is 6.08 Å². The highest BCUT2D eigenvalue weighted by atomic mass is 16.6. The first-order valence-electron chi connectivity index (χ1n) is 6.42. The second-order valence-corrected chi connectivity index (χ2v) is 4.53. The van der Waals surface area contributed by atoms with Crippen molar-refractivity contribution in [3.63, 3.8) is 0 Å². The smallest absolute Gasteiger partial charge is 0.348 e. The summed E-state index contributed by atoms with van der Waals surface area (Å²) in [5.41, 5.74) is 5.63. The summed E-state index contributed by atoms with van der Waals surface area (Å²) in [5, 5.41) is 27.9. The molecule has 0 bridgehead atoms. The second kappa shape index (κ2) is 6.52. The molecule has 0 radical (unpaired) electrons. The third kappa shape index (κ3) is 3.79. The average Bonchev–Trinajstić information content (AvgIpc) is 2.51. The van der Waals surface area contributed by atoms with Crippen molar-refractivity contribution >= 4 is 23.7 Å². The number of para-hydroxylation sites is 1. The van der Waals surface area contributed by atoms with E-state index in [1.807, 2.05) is 0 Å². The molecule has 0 amide bonds. The minimum Gasteiger partial charge on any atom is -0.506 e. The van der Waals surface area contributed by atoms with Crippen LogP contribution in [0.4, 0.5) is 5.69 Å². The molecule has 7 nitrogen and oxygen atoms in total. The molecule has 0 atom stereocenters. The van der Waals surface area contributed by atoms with Gasteiger partial charge in [0, 0.05) is 6.08 Å². The Morgan fingerprint density at radius 2 is 1.74 bits per heavy atom. The zero-order chi connectivity index (χ0) is 17.0. The highest BCUT2D eigenvalue weighted by Gasteiger charge is 2.16.